The first-order valence-electron chi connectivity index (χ1n) is 8.63. The summed E-state index contributed by atoms with van der Waals surface area (Å²) in [6.07, 6.45) is 0. The molecule has 6 nitrogen and oxygen atoms in total. The van der Waals surface area contributed by atoms with Gasteiger partial charge in [0.1, 0.15) is 16.4 Å². The van der Waals surface area contributed by atoms with Crippen LogP contribution in [0.4, 0.5) is 0 Å². The number of ether oxygens (including phenoxy) is 2. The summed E-state index contributed by atoms with van der Waals surface area (Å²) in [6, 6.07) is 12.5. The van der Waals surface area contributed by atoms with Crippen molar-refractivity contribution >= 4 is 21.6 Å². The molecular formula is C19H23Cl2N2O4S-. The van der Waals surface area contributed by atoms with Crippen molar-refractivity contribution in [2.75, 3.05) is 40.4 Å². The van der Waals surface area contributed by atoms with Crippen LogP contribution in [0.5, 0.6) is 11.5 Å². The van der Waals surface area contributed by atoms with E-state index in [1.165, 1.54) is 24.6 Å². The highest BCUT2D eigenvalue weighted by Gasteiger charge is 2.31. The topological polar surface area (TPSA) is 59.1 Å². The van der Waals surface area contributed by atoms with Gasteiger partial charge in [-0.25, -0.2) is 8.42 Å². The predicted molar refractivity (Wildman–Crippen MR) is 105 cm³/mol. The first-order chi connectivity index (χ1) is 12.9. The lowest BCUT2D eigenvalue weighted by Gasteiger charge is -2.34. The maximum absolute atomic E-state index is 13.0. The summed E-state index contributed by atoms with van der Waals surface area (Å²) >= 11 is 6.04. The second-order valence-electron chi connectivity index (χ2n) is 6.33. The van der Waals surface area contributed by atoms with Crippen molar-refractivity contribution in [1.29, 1.82) is 0 Å². The van der Waals surface area contributed by atoms with E-state index >= 15 is 0 Å². The van der Waals surface area contributed by atoms with Crippen LogP contribution in [-0.4, -0.2) is 58.0 Å². The van der Waals surface area contributed by atoms with Crippen molar-refractivity contribution < 1.29 is 30.3 Å². The minimum absolute atomic E-state index is 0. The Balaban J connectivity index is 0.00000280. The number of hydrogen-bond donors (Lipinski definition) is 0. The Morgan fingerprint density at radius 1 is 1.00 bits per heavy atom. The van der Waals surface area contributed by atoms with E-state index < -0.39 is 10.0 Å². The summed E-state index contributed by atoms with van der Waals surface area (Å²) in [5.41, 5.74) is 1.12. The number of benzene rings is 2. The highest BCUT2D eigenvalue weighted by molar-refractivity contribution is 7.89. The van der Waals surface area contributed by atoms with Gasteiger partial charge in [-0.3, -0.25) is 4.90 Å². The average Bonchev–Trinajstić information content (AvgIpc) is 2.68. The Hall–Kier alpha value is -1.51. The molecule has 0 atom stereocenters. The van der Waals surface area contributed by atoms with Crippen LogP contribution < -0.4 is 21.9 Å². The summed E-state index contributed by atoms with van der Waals surface area (Å²) < 4.78 is 38.0. The number of sulfonamides is 1. The predicted octanol–water partition coefficient (Wildman–Crippen LogP) is -0.132. The zero-order valence-electron chi connectivity index (χ0n) is 15.8. The maximum atomic E-state index is 13.0. The Labute approximate surface area is 177 Å². The van der Waals surface area contributed by atoms with Crippen molar-refractivity contribution in [1.82, 2.24) is 9.21 Å². The number of piperazine rings is 1. The van der Waals surface area contributed by atoms with Crippen LogP contribution >= 0.6 is 11.6 Å². The summed E-state index contributed by atoms with van der Waals surface area (Å²) in [4.78, 5) is 2.39. The minimum atomic E-state index is -3.63. The summed E-state index contributed by atoms with van der Waals surface area (Å²) in [7, 11) is -0.643. The monoisotopic (exact) mass is 445 g/mol. The Kier molecular flexibility index (Phi) is 7.97. The minimum Gasteiger partial charge on any atom is -1.00 e. The molecule has 0 saturated carbocycles. The quantitative estimate of drug-likeness (QED) is 0.619. The highest BCUT2D eigenvalue weighted by atomic mass is 35.5. The maximum Gasteiger partial charge on any atom is 0.246 e. The molecule has 1 aliphatic heterocycles. The molecule has 0 aliphatic carbocycles. The number of hydrogen-bond acceptors (Lipinski definition) is 5. The van der Waals surface area contributed by atoms with E-state index in [0.717, 1.165) is 12.1 Å². The third-order valence-corrected chi connectivity index (χ3v) is 6.79. The second kappa shape index (κ2) is 9.80. The van der Waals surface area contributed by atoms with Gasteiger partial charge >= 0.3 is 0 Å². The summed E-state index contributed by atoms with van der Waals surface area (Å²) in [6.45, 7) is 2.92. The van der Waals surface area contributed by atoms with Crippen LogP contribution in [0.15, 0.2) is 47.4 Å². The number of halogens is 2. The van der Waals surface area contributed by atoms with Crippen LogP contribution in [-0.2, 0) is 16.6 Å². The van der Waals surface area contributed by atoms with Crippen molar-refractivity contribution in [2.24, 2.45) is 0 Å². The normalized spacial score (nSPS) is 15.7. The molecule has 0 amide bonds. The molecule has 0 bridgehead atoms. The fourth-order valence-corrected chi connectivity index (χ4v) is 4.92. The van der Waals surface area contributed by atoms with E-state index in [1.54, 1.807) is 12.1 Å². The first-order valence-corrected chi connectivity index (χ1v) is 10.4. The fourth-order valence-electron chi connectivity index (χ4n) is 3.15. The average molecular weight is 446 g/mol. The zero-order valence-corrected chi connectivity index (χ0v) is 18.1. The lowest BCUT2D eigenvalue weighted by molar-refractivity contribution is -0.00000888. The highest BCUT2D eigenvalue weighted by Crippen LogP contribution is 2.31. The van der Waals surface area contributed by atoms with E-state index in [-0.39, 0.29) is 23.1 Å². The molecule has 0 aromatic heterocycles. The molecule has 0 unspecified atom stereocenters. The van der Waals surface area contributed by atoms with Crippen LogP contribution in [0.2, 0.25) is 5.02 Å². The SMILES string of the molecule is COc1ccc(S(=O)(=O)N2CCN(Cc3cccc(Cl)c3)CC2)c(OC)c1.[Cl-]. The van der Waals surface area contributed by atoms with Crippen LogP contribution in [0, 0.1) is 0 Å². The van der Waals surface area contributed by atoms with Crippen molar-refractivity contribution in [2.45, 2.75) is 11.4 Å². The summed E-state index contributed by atoms with van der Waals surface area (Å²) in [5.74, 6) is 0.841. The van der Waals surface area contributed by atoms with Gasteiger partial charge in [-0.05, 0) is 29.8 Å². The van der Waals surface area contributed by atoms with Gasteiger partial charge in [0.15, 0.2) is 0 Å². The molecular weight excluding hydrogens is 423 g/mol. The Morgan fingerprint density at radius 3 is 2.32 bits per heavy atom. The van der Waals surface area contributed by atoms with E-state index in [1.807, 2.05) is 24.3 Å². The van der Waals surface area contributed by atoms with Gasteiger partial charge in [0, 0.05) is 43.8 Å². The number of nitrogens with zero attached hydrogens (tertiary/aromatic N) is 2. The molecule has 3 rings (SSSR count). The van der Waals surface area contributed by atoms with Crippen LogP contribution in [0.25, 0.3) is 0 Å². The molecule has 0 N–H and O–H groups in total. The van der Waals surface area contributed by atoms with E-state index in [0.29, 0.717) is 37.0 Å². The Morgan fingerprint density at radius 2 is 1.71 bits per heavy atom. The molecule has 0 radical (unpaired) electrons. The molecule has 1 heterocycles. The largest absolute Gasteiger partial charge is 1.00 e. The van der Waals surface area contributed by atoms with Gasteiger partial charge in [0.2, 0.25) is 10.0 Å². The molecule has 9 heteroatoms. The second-order valence-corrected chi connectivity index (χ2v) is 8.67. The lowest BCUT2D eigenvalue weighted by Crippen LogP contribution is -3.00. The molecule has 1 fully saturated rings. The van der Waals surface area contributed by atoms with Gasteiger partial charge in [0.05, 0.1) is 14.2 Å². The molecule has 0 spiro atoms. The van der Waals surface area contributed by atoms with E-state index in [2.05, 4.69) is 4.90 Å². The Bertz CT molecular complexity index is 901. The smallest absolute Gasteiger partial charge is 0.246 e. The third kappa shape index (κ3) is 5.10. The zero-order chi connectivity index (χ0) is 19.4. The fraction of sp³-hybridized carbons (Fsp3) is 0.368. The van der Waals surface area contributed by atoms with Gasteiger partial charge in [-0.15, -0.1) is 0 Å². The standard InChI is InChI=1S/C19H23ClN2O4S.ClH/c1-25-17-6-7-19(18(13-17)26-2)27(23,24)22-10-8-21(9-11-22)14-15-4-3-5-16(20)12-15;/h3-7,12-13H,8-11,14H2,1-2H3;1H/p-1. The third-order valence-electron chi connectivity index (χ3n) is 4.62. The molecule has 2 aromatic rings. The van der Waals surface area contributed by atoms with Gasteiger partial charge < -0.3 is 21.9 Å². The first kappa shape index (κ1) is 22.8. The van der Waals surface area contributed by atoms with Crippen LogP contribution in [0.3, 0.4) is 0 Å². The molecule has 1 aliphatic rings. The van der Waals surface area contributed by atoms with Gasteiger partial charge in [-0.2, -0.15) is 4.31 Å². The van der Waals surface area contributed by atoms with Crippen molar-refractivity contribution in [3.63, 3.8) is 0 Å². The lowest BCUT2D eigenvalue weighted by atomic mass is 10.2. The van der Waals surface area contributed by atoms with Gasteiger partial charge in [-0.1, -0.05) is 23.7 Å². The van der Waals surface area contributed by atoms with E-state index in [9.17, 15) is 8.42 Å². The number of methoxy groups -OCH3 is 2. The molecule has 2 aromatic carbocycles. The van der Waals surface area contributed by atoms with Crippen LogP contribution in [0.1, 0.15) is 5.56 Å². The van der Waals surface area contributed by atoms with Crippen molar-refractivity contribution in [3.05, 3.63) is 53.1 Å². The van der Waals surface area contributed by atoms with E-state index in [4.69, 9.17) is 21.1 Å². The molecule has 1 saturated heterocycles. The van der Waals surface area contributed by atoms with Crippen molar-refractivity contribution in [3.8, 4) is 11.5 Å². The summed E-state index contributed by atoms with van der Waals surface area (Å²) in [5, 5.41) is 0.709. The van der Waals surface area contributed by atoms with Gasteiger partial charge in [0.25, 0.3) is 0 Å². The number of rotatable bonds is 6. The molecule has 154 valence electrons. The molecule has 28 heavy (non-hydrogen) atoms.